The molecular weight excluding hydrogens is 266 g/mol. The Labute approximate surface area is 124 Å². The normalized spacial score (nSPS) is 10.5. The number of aromatic hydroxyl groups is 1. The molecule has 1 amide bonds. The Balaban J connectivity index is 2.06. The summed E-state index contributed by atoms with van der Waals surface area (Å²) in [5.74, 6) is 0.737. The first-order valence-electron chi connectivity index (χ1n) is 6.83. The second-order valence-corrected chi connectivity index (χ2v) is 5.15. The van der Waals surface area contributed by atoms with Gasteiger partial charge < -0.3 is 15.2 Å². The van der Waals surface area contributed by atoms with Crippen LogP contribution < -0.4 is 10.1 Å². The third-order valence-corrected chi connectivity index (χ3v) is 2.94. The highest BCUT2D eigenvalue weighted by molar-refractivity contribution is 6.04. The molecule has 0 aliphatic heterocycles. The smallest absolute Gasteiger partial charge is 0.255 e. The van der Waals surface area contributed by atoms with E-state index in [9.17, 15) is 9.90 Å². The Hall–Kier alpha value is -2.49. The van der Waals surface area contributed by atoms with Gasteiger partial charge in [-0.15, -0.1) is 0 Å². The molecule has 0 radical (unpaired) electrons. The fourth-order valence-corrected chi connectivity index (χ4v) is 1.89. The summed E-state index contributed by atoms with van der Waals surface area (Å²) in [5.41, 5.74) is 1.87. The summed E-state index contributed by atoms with van der Waals surface area (Å²) < 4.78 is 5.55. The molecule has 0 saturated heterocycles. The summed E-state index contributed by atoms with van der Waals surface area (Å²) in [6.07, 6.45) is 0.116. The van der Waals surface area contributed by atoms with E-state index in [-0.39, 0.29) is 17.8 Å². The van der Waals surface area contributed by atoms with E-state index in [1.54, 1.807) is 31.2 Å². The molecule has 2 aromatic rings. The maximum absolute atomic E-state index is 12.1. The van der Waals surface area contributed by atoms with Crippen LogP contribution in [0.15, 0.2) is 42.5 Å². The molecule has 0 saturated carbocycles. The molecule has 4 nitrogen and oxygen atoms in total. The van der Waals surface area contributed by atoms with E-state index in [4.69, 9.17) is 4.74 Å². The van der Waals surface area contributed by atoms with E-state index >= 15 is 0 Å². The van der Waals surface area contributed by atoms with Gasteiger partial charge in [0.05, 0.1) is 6.10 Å². The number of amides is 1. The molecule has 2 rings (SSSR count). The number of nitrogens with one attached hydrogen (secondary N) is 1. The predicted molar refractivity (Wildman–Crippen MR) is 83.0 cm³/mol. The van der Waals surface area contributed by atoms with E-state index in [0.29, 0.717) is 16.8 Å². The molecule has 0 atom stereocenters. The molecule has 0 spiro atoms. The summed E-state index contributed by atoms with van der Waals surface area (Å²) in [6, 6.07) is 12.0. The summed E-state index contributed by atoms with van der Waals surface area (Å²) in [4.78, 5) is 12.1. The van der Waals surface area contributed by atoms with E-state index in [0.717, 1.165) is 5.75 Å². The number of hydrogen-bond acceptors (Lipinski definition) is 3. The minimum atomic E-state index is -0.212. The van der Waals surface area contributed by atoms with Crippen LogP contribution in [-0.2, 0) is 0 Å². The van der Waals surface area contributed by atoms with Gasteiger partial charge in [0.25, 0.3) is 5.91 Å². The Morgan fingerprint density at radius 2 is 1.81 bits per heavy atom. The van der Waals surface area contributed by atoms with Crippen LogP contribution in [0.25, 0.3) is 0 Å². The molecule has 0 aliphatic carbocycles. The lowest BCUT2D eigenvalue weighted by molar-refractivity contribution is 0.102. The van der Waals surface area contributed by atoms with E-state index in [2.05, 4.69) is 5.32 Å². The van der Waals surface area contributed by atoms with Gasteiger partial charge in [0, 0.05) is 11.3 Å². The minimum absolute atomic E-state index is 0.116. The summed E-state index contributed by atoms with van der Waals surface area (Å²) >= 11 is 0. The molecule has 4 heteroatoms. The molecule has 110 valence electrons. The Kier molecular flexibility index (Phi) is 4.48. The van der Waals surface area contributed by atoms with Crippen LogP contribution >= 0.6 is 0 Å². The van der Waals surface area contributed by atoms with Crippen LogP contribution in [0, 0.1) is 6.92 Å². The third kappa shape index (κ3) is 3.99. The van der Waals surface area contributed by atoms with Crippen molar-refractivity contribution in [1.29, 1.82) is 0 Å². The topological polar surface area (TPSA) is 58.6 Å². The number of carbonyl (C=O) groups is 1. The Morgan fingerprint density at radius 1 is 1.14 bits per heavy atom. The van der Waals surface area contributed by atoms with Crippen molar-refractivity contribution in [2.75, 3.05) is 5.32 Å². The molecule has 21 heavy (non-hydrogen) atoms. The highest BCUT2D eigenvalue weighted by Gasteiger charge is 2.08. The molecule has 0 heterocycles. The van der Waals surface area contributed by atoms with Crippen molar-refractivity contribution in [3.05, 3.63) is 53.6 Å². The average molecular weight is 285 g/mol. The lowest BCUT2D eigenvalue weighted by Gasteiger charge is -2.11. The second-order valence-electron chi connectivity index (χ2n) is 5.15. The zero-order chi connectivity index (χ0) is 15.4. The zero-order valence-corrected chi connectivity index (χ0v) is 12.4. The number of aryl methyl sites for hydroxylation is 1. The van der Waals surface area contributed by atoms with Gasteiger partial charge in [-0.1, -0.05) is 0 Å². The largest absolute Gasteiger partial charge is 0.508 e. The van der Waals surface area contributed by atoms with Gasteiger partial charge in [-0.3, -0.25) is 4.79 Å². The lowest BCUT2D eigenvalue weighted by atomic mass is 10.1. The van der Waals surface area contributed by atoms with Crippen molar-refractivity contribution in [2.45, 2.75) is 26.9 Å². The maximum atomic E-state index is 12.1. The van der Waals surface area contributed by atoms with Crippen molar-refractivity contribution < 1.29 is 14.6 Å². The van der Waals surface area contributed by atoms with Crippen molar-refractivity contribution in [1.82, 2.24) is 0 Å². The minimum Gasteiger partial charge on any atom is -0.508 e. The molecule has 2 aromatic carbocycles. The van der Waals surface area contributed by atoms with Crippen LogP contribution in [0.1, 0.15) is 29.8 Å². The van der Waals surface area contributed by atoms with Gasteiger partial charge in [0.15, 0.2) is 0 Å². The highest BCUT2D eigenvalue weighted by Crippen LogP contribution is 2.20. The monoisotopic (exact) mass is 285 g/mol. The van der Waals surface area contributed by atoms with Crippen molar-refractivity contribution >= 4 is 11.6 Å². The molecule has 0 bridgehead atoms. The summed E-state index contributed by atoms with van der Waals surface area (Å²) in [5, 5.41) is 12.3. The van der Waals surface area contributed by atoms with Gasteiger partial charge in [0.2, 0.25) is 0 Å². The summed E-state index contributed by atoms with van der Waals surface area (Å²) in [7, 11) is 0. The number of phenols is 1. The van der Waals surface area contributed by atoms with Crippen molar-refractivity contribution in [3.63, 3.8) is 0 Å². The van der Waals surface area contributed by atoms with Gasteiger partial charge in [0.1, 0.15) is 11.5 Å². The Morgan fingerprint density at radius 3 is 2.38 bits per heavy atom. The first-order valence-corrected chi connectivity index (χ1v) is 6.83. The fourth-order valence-electron chi connectivity index (χ4n) is 1.89. The van der Waals surface area contributed by atoms with Gasteiger partial charge in [-0.05, 0) is 68.8 Å². The first-order chi connectivity index (χ1) is 9.95. The first kappa shape index (κ1) is 14.9. The van der Waals surface area contributed by atoms with E-state index < -0.39 is 0 Å². The SMILES string of the molecule is Cc1cc(C(=O)Nc2ccc(OC(C)C)cc2)ccc1O. The number of hydrogen-bond donors (Lipinski definition) is 2. The van der Waals surface area contributed by atoms with Crippen LogP contribution in [0.5, 0.6) is 11.5 Å². The van der Waals surface area contributed by atoms with Gasteiger partial charge in [-0.25, -0.2) is 0 Å². The third-order valence-electron chi connectivity index (χ3n) is 2.94. The molecule has 0 aromatic heterocycles. The van der Waals surface area contributed by atoms with Crippen LogP contribution in [-0.4, -0.2) is 17.1 Å². The standard InChI is InChI=1S/C17H19NO3/c1-11(2)21-15-7-5-14(6-8-15)18-17(20)13-4-9-16(19)12(3)10-13/h4-11,19H,1-3H3,(H,18,20). The fraction of sp³-hybridized carbons (Fsp3) is 0.235. The quantitative estimate of drug-likeness (QED) is 0.899. The van der Waals surface area contributed by atoms with Crippen LogP contribution in [0.4, 0.5) is 5.69 Å². The average Bonchev–Trinajstić information content (AvgIpc) is 2.43. The second kappa shape index (κ2) is 6.31. The number of phenolic OH excluding ortho intramolecular Hbond substituents is 1. The molecule has 0 fully saturated rings. The van der Waals surface area contributed by atoms with Gasteiger partial charge in [-0.2, -0.15) is 0 Å². The molecule has 0 aliphatic rings. The number of anilines is 1. The maximum Gasteiger partial charge on any atom is 0.255 e. The van der Waals surface area contributed by atoms with Crippen LogP contribution in [0.2, 0.25) is 0 Å². The van der Waals surface area contributed by atoms with Gasteiger partial charge >= 0.3 is 0 Å². The number of carbonyl (C=O) groups excluding carboxylic acids is 1. The van der Waals surface area contributed by atoms with Crippen molar-refractivity contribution in [3.8, 4) is 11.5 Å². The summed E-state index contributed by atoms with van der Waals surface area (Å²) in [6.45, 7) is 5.68. The number of ether oxygens (including phenoxy) is 1. The van der Waals surface area contributed by atoms with E-state index in [1.807, 2.05) is 26.0 Å². The number of benzene rings is 2. The van der Waals surface area contributed by atoms with Crippen LogP contribution in [0.3, 0.4) is 0 Å². The molecule has 2 N–H and O–H groups in total. The van der Waals surface area contributed by atoms with Crippen molar-refractivity contribution in [2.24, 2.45) is 0 Å². The predicted octanol–water partition coefficient (Wildman–Crippen LogP) is 3.74. The highest BCUT2D eigenvalue weighted by atomic mass is 16.5. The molecular formula is C17H19NO3. The zero-order valence-electron chi connectivity index (χ0n) is 12.4. The lowest BCUT2D eigenvalue weighted by Crippen LogP contribution is -2.12. The number of rotatable bonds is 4. The van der Waals surface area contributed by atoms with E-state index in [1.165, 1.54) is 6.07 Å². The molecule has 0 unspecified atom stereocenters. The Bertz CT molecular complexity index is 633.